The molecule has 0 atom stereocenters. The van der Waals surface area contributed by atoms with Crippen LogP contribution in [0.3, 0.4) is 0 Å². The molecule has 4 rings (SSSR count). The molecule has 1 N–H and O–H groups in total. The Morgan fingerprint density at radius 3 is 2.52 bits per heavy atom. The van der Waals surface area contributed by atoms with Crippen molar-refractivity contribution in [1.82, 2.24) is 4.90 Å². The van der Waals surface area contributed by atoms with Gasteiger partial charge in [-0.05, 0) is 60.7 Å². The van der Waals surface area contributed by atoms with Crippen molar-refractivity contribution in [2.75, 3.05) is 11.9 Å². The third-order valence-electron chi connectivity index (χ3n) is 5.54. The quantitative estimate of drug-likeness (QED) is 0.178. The first-order valence-electron chi connectivity index (χ1n) is 11.3. The van der Waals surface area contributed by atoms with Crippen molar-refractivity contribution in [2.45, 2.75) is 13.1 Å². The first kappa shape index (κ1) is 28.6. The second-order valence-electron chi connectivity index (χ2n) is 8.36. The molecular formula is C26H17ClF3N3O6S. The van der Waals surface area contributed by atoms with Crippen molar-refractivity contribution < 1.29 is 37.2 Å². The van der Waals surface area contributed by atoms with E-state index in [2.05, 4.69) is 5.32 Å². The summed E-state index contributed by atoms with van der Waals surface area (Å²) in [7, 11) is 0. The first-order valence-corrected chi connectivity index (χ1v) is 12.5. The fourth-order valence-electron chi connectivity index (χ4n) is 3.53. The number of aryl methyl sites for hydroxylation is 1. The van der Waals surface area contributed by atoms with E-state index < -0.39 is 51.7 Å². The maximum absolute atomic E-state index is 13.0. The molecule has 3 aromatic rings. The Hall–Kier alpha value is -4.36. The van der Waals surface area contributed by atoms with Gasteiger partial charge in [0.25, 0.3) is 11.1 Å². The molecular weight excluding hydrogens is 575 g/mol. The van der Waals surface area contributed by atoms with Crippen LogP contribution in [0, 0.1) is 17.0 Å². The van der Waals surface area contributed by atoms with Crippen LogP contribution in [0.15, 0.2) is 65.6 Å². The Morgan fingerprint density at radius 2 is 1.85 bits per heavy atom. The number of nitro groups is 1. The average Bonchev–Trinajstić information content (AvgIpc) is 3.14. The highest BCUT2D eigenvalue weighted by Crippen LogP contribution is 2.40. The number of rotatable bonds is 7. The van der Waals surface area contributed by atoms with Gasteiger partial charge < -0.3 is 10.1 Å². The van der Waals surface area contributed by atoms with E-state index in [9.17, 15) is 37.7 Å². The molecule has 0 aromatic heterocycles. The van der Waals surface area contributed by atoms with Gasteiger partial charge in [0, 0.05) is 22.3 Å². The molecule has 0 unspecified atom stereocenters. The second kappa shape index (κ2) is 11.4. The zero-order valence-electron chi connectivity index (χ0n) is 20.3. The molecule has 0 bridgehead atoms. The number of halogens is 4. The number of nitrogens with zero attached hydrogens (tertiary/aromatic N) is 2. The molecule has 1 saturated heterocycles. The number of carbonyl (C=O) groups excluding carboxylic acids is 3. The Labute approximate surface area is 233 Å². The number of hydrogen-bond acceptors (Lipinski definition) is 7. The number of para-hydroxylation sites is 1. The van der Waals surface area contributed by atoms with Crippen LogP contribution in [0.1, 0.15) is 16.7 Å². The fourth-order valence-corrected chi connectivity index (χ4v) is 4.54. The maximum Gasteiger partial charge on any atom is 0.416 e. The average molecular weight is 592 g/mol. The predicted octanol–water partition coefficient (Wildman–Crippen LogP) is 7.04. The molecule has 3 amide bonds. The Morgan fingerprint density at radius 1 is 1.12 bits per heavy atom. The summed E-state index contributed by atoms with van der Waals surface area (Å²) in [6.45, 7) is 1.22. The molecule has 0 radical (unpaired) electrons. The highest BCUT2D eigenvalue weighted by molar-refractivity contribution is 8.18. The lowest BCUT2D eigenvalue weighted by molar-refractivity contribution is -0.385. The summed E-state index contributed by atoms with van der Waals surface area (Å²) < 4.78 is 44.7. The van der Waals surface area contributed by atoms with Gasteiger partial charge in [0.2, 0.25) is 11.7 Å². The third kappa shape index (κ3) is 6.43. The Bertz CT molecular complexity index is 1580. The van der Waals surface area contributed by atoms with E-state index in [0.717, 1.165) is 16.5 Å². The molecule has 1 aliphatic rings. The van der Waals surface area contributed by atoms with Crippen molar-refractivity contribution in [3.63, 3.8) is 0 Å². The SMILES string of the molecule is Cc1ccc(NC(=O)CN2C(=O)S/C(=C/c3ccccc3Oc3ccc(C(F)(F)F)cc3[N+](=O)[O-])C2=O)cc1Cl. The molecule has 0 saturated carbocycles. The Balaban J connectivity index is 1.54. The molecule has 1 heterocycles. The van der Waals surface area contributed by atoms with Gasteiger partial charge in [-0.15, -0.1) is 0 Å². The number of imide groups is 1. The normalized spacial score (nSPS) is 14.5. The minimum Gasteiger partial charge on any atom is -0.449 e. The highest BCUT2D eigenvalue weighted by atomic mass is 35.5. The lowest BCUT2D eigenvalue weighted by Gasteiger charge is -2.13. The number of thioether (sulfide) groups is 1. The molecule has 0 spiro atoms. The minimum absolute atomic E-state index is 0.0221. The monoisotopic (exact) mass is 591 g/mol. The zero-order chi connectivity index (χ0) is 29.2. The van der Waals surface area contributed by atoms with Crippen molar-refractivity contribution in [3.05, 3.63) is 97.4 Å². The van der Waals surface area contributed by atoms with Crippen molar-refractivity contribution in [2.24, 2.45) is 0 Å². The number of nitrogens with one attached hydrogen (secondary N) is 1. The number of amides is 3. The molecule has 1 aliphatic heterocycles. The smallest absolute Gasteiger partial charge is 0.416 e. The maximum atomic E-state index is 13.0. The van der Waals surface area contributed by atoms with Crippen LogP contribution in [0.2, 0.25) is 5.02 Å². The third-order valence-corrected chi connectivity index (χ3v) is 6.85. The molecule has 3 aromatic carbocycles. The van der Waals surface area contributed by atoms with Crippen LogP contribution in [-0.2, 0) is 15.8 Å². The van der Waals surface area contributed by atoms with E-state index in [1.807, 2.05) is 0 Å². The van der Waals surface area contributed by atoms with Gasteiger partial charge in [0.05, 0.1) is 15.4 Å². The van der Waals surface area contributed by atoms with Gasteiger partial charge in [0.1, 0.15) is 12.3 Å². The van der Waals surface area contributed by atoms with Crippen molar-refractivity contribution >= 4 is 57.9 Å². The fraction of sp³-hybridized carbons (Fsp3) is 0.115. The lowest BCUT2D eigenvalue weighted by atomic mass is 10.1. The summed E-state index contributed by atoms with van der Waals surface area (Å²) in [5.74, 6) is -1.88. The summed E-state index contributed by atoms with van der Waals surface area (Å²) in [6.07, 6.45) is -3.51. The van der Waals surface area contributed by atoms with Gasteiger partial charge >= 0.3 is 11.9 Å². The predicted molar refractivity (Wildman–Crippen MR) is 142 cm³/mol. The van der Waals surface area contributed by atoms with Gasteiger partial charge in [0.15, 0.2) is 0 Å². The van der Waals surface area contributed by atoms with E-state index in [1.165, 1.54) is 30.3 Å². The van der Waals surface area contributed by atoms with Gasteiger partial charge in [-0.1, -0.05) is 35.9 Å². The number of nitro benzene ring substituents is 1. The Kier molecular flexibility index (Phi) is 8.16. The van der Waals surface area contributed by atoms with Crippen LogP contribution in [0.5, 0.6) is 11.5 Å². The molecule has 9 nitrogen and oxygen atoms in total. The van der Waals surface area contributed by atoms with E-state index in [-0.39, 0.29) is 16.2 Å². The zero-order valence-corrected chi connectivity index (χ0v) is 21.9. The standard InChI is InChI=1S/C26H17ClF3N3O6S/c1-14-6-8-17(12-18(14)27)31-23(34)13-32-24(35)22(40-25(32)36)10-15-4-2-3-5-20(15)39-21-9-7-16(26(28,29)30)11-19(21)33(37)38/h2-12H,13H2,1H3,(H,31,34)/b22-10+. The van der Waals surface area contributed by atoms with Gasteiger partial charge in [-0.2, -0.15) is 13.2 Å². The summed E-state index contributed by atoms with van der Waals surface area (Å²) in [5.41, 5.74) is -0.741. The number of hydrogen-bond donors (Lipinski definition) is 1. The lowest BCUT2D eigenvalue weighted by Crippen LogP contribution is -2.36. The second-order valence-corrected chi connectivity index (χ2v) is 9.76. The number of carbonyl (C=O) groups is 3. The first-order chi connectivity index (χ1) is 18.8. The van der Waals surface area contributed by atoms with E-state index in [1.54, 1.807) is 25.1 Å². The number of alkyl halides is 3. The topological polar surface area (TPSA) is 119 Å². The summed E-state index contributed by atoms with van der Waals surface area (Å²) in [5, 5.41) is 13.7. The molecule has 14 heteroatoms. The number of benzene rings is 3. The van der Waals surface area contributed by atoms with Crippen LogP contribution >= 0.6 is 23.4 Å². The number of ether oxygens (including phenoxy) is 1. The van der Waals surface area contributed by atoms with Crippen molar-refractivity contribution in [1.29, 1.82) is 0 Å². The van der Waals surface area contributed by atoms with E-state index in [4.69, 9.17) is 16.3 Å². The molecule has 206 valence electrons. The number of anilines is 1. The summed E-state index contributed by atoms with van der Waals surface area (Å²) in [4.78, 5) is 49.0. The largest absolute Gasteiger partial charge is 0.449 e. The van der Waals surface area contributed by atoms with Crippen LogP contribution in [-0.4, -0.2) is 33.4 Å². The van der Waals surface area contributed by atoms with E-state index in [0.29, 0.717) is 34.6 Å². The van der Waals surface area contributed by atoms with Crippen LogP contribution in [0.25, 0.3) is 6.08 Å². The molecule has 40 heavy (non-hydrogen) atoms. The molecule has 0 aliphatic carbocycles. The van der Waals surface area contributed by atoms with Crippen LogP contribution in [0.4, 0.5) is 29.3 Å². The minimum atomic E-state index is -4.80. The van der Waals surface area contributed by atoms with Crippen LogP contribution < -0.4 is 10.1 Å². The van der Waals surface area contributed by atoms with E-state index >= 15 is 0 Å². The highest BCUT2D eigenvalue weighted by Gasteiger charge is 2.37. The summed E-state index contributed by atoms with van der Waals surface area (Å²) >= 11 is 6.62. The molecule has 1 fully saturated rings. The van der Waals surface area contributed by atoms with Gasteiger partial charge in [-0.25, -0.2) is 0 Å². The summed E-state index contributed by atoms with van der Waals surface area (Å²) in [6, 6.07) is 12.6. The van der Waals surface area contributed by atoms with Crippen molar-refractivity contribution in [3.8, 4) is 11.5 Å². The van der Waals surface area contributed by atoms with Gasteiger partial charge in [-0.3, -0.25) is 29.4 Å².